The van der Waals surface area contributed by atoms with Gasteiger partial charge in [0.05, 0.1) is 19.6 Å². The second kappa shape index (κ2) is 8.32. The lowest BCUT2D eigenvalue weighted by Crippen LogP contribution is -2.54. The van der Waals surface area contributed by atoms with Crippen LogP contribution in [-0.2, 0) is 20.7 Å². The van der Waals surface area contributed by atoms with Gasteiger partial charge in [0.1, 0.15) is 6.04 Å². The molecular weight excluding hydrogens is 328 g/mol. The van der Waals surface area contributed by atoms with Crippen molar-refractivity contribution in [1.29, 1.82) is 0 Å². The van der Waals surface area contributed by atoms with Crippen molar-refractivity contribution < 1.29 is 14.3 Å². The minimum atomic E-state index is -0.504. The Morgan fingerprint density at radius 3 is 2.50 bits per heavy atom. The normalized spacial score (nSPS) is 15.9. The highest BCUT2D eigenvalue weighted by molar-refractivity contribution is 5.92. The van der Waals surface area contributed by atoms with Gasteiger partial charge in [0.25, 0.3) is 0 Å². The molecule has 1 aliphatic heterocycles. The van der Waals surface area contributed by atoms with Crippen LogP contribution in [0.2, 0.25) is 0 Å². The van der Waals surface area contributed by atoms with Crippen LogP contribution < -0.4 is 5.32 Å². The molecule has 0 aromatic heterocycles. The first kappa shape index (κ1) is 18.4. The van der Waals surface area contributed by atoms with Crippen molar-refractivity contribution in [2.75, 3.05) is 26.3 Å². The molecular formula is C21H26N2O3. The predicted molar refractivity (Wildman–Crippen MR) is 102 cm³/mol. The highest BCUT2D eigenvalue weighted by Gasteiger charge is 2.29. The second-order valence-electron chi connectivity index (χ2n) is 7.04. The van der Waals surface area contributed by atoms with E-state index in [0.29, 0.717) is 26.3 Å². The maximum absolute atomic E-state index is 12.8. The van der Waals surface area contributed by atoms with E-state index < -0.39 is 6.04 Å². The maximum atomic E-state index is 12.8. The van der Waals surface area contributed by atoms with E-state index >= 15 is 0 Å². The molecule has 2 aromatic carbocycles. The minimum Gasteiger partial charge on any atom is -0.378 e. The predicted octanol–water partition coefficient (Wildman–Crippen LogP) is 2.38. The van der Waals surface area contributed by atoms with Crippen LogP contribution in [-0.4, -0.2) is 49.1 Å². The summed E-state index contributed by atoms with van der Waals surface area (Å²) in [4.78, 5) is 27.2. The van der Waals surface area contributed by atoms with Crippen LogP contribution in [0.3, 0.4) is 0 Å². The van der Waals surface area contributed by atoms with Crippen LogP contribution in [0.5, 0.6) is 0 Å². The zero-order valence-electron chi connectivity index (χ0n) is 15.4. The molecule has 1 saturated heterocycles. The summed E-state index contributed by atoms with van der Waals surface area (Å²) in [6.07, 6.45) is 0.265. The maximum Gasteiger partial charge on any atom is 0.245 e. The van der Waals surface area contributed by atoms with Crippen molar-refractivity contribution in [1.82, 2.24) is 10.2 Å². The summed E-state index contributed by atoms with van der Waals surface area (Å²) in [5.74, 6) is -0.113. The molecule has 1 heterocycles. The molecule has 0 saturated carbocycles. The number of carbonyl (C=O) groups excluding carboxylic acids is 2. The van der Waals surface area contributed by atoms with E-state index in [1.54, 1.807) is 4.90 Å². The Morgan fingerprint density at radius 2 is 1.77 bits per heavy atom. The number of ether oxygens (including phenoxy) is 1. The Kier molecular flexibility index (Phi) is 5.89. The number of nitrogens with one attached hydrogen (secondary N) is 1. The number of carbonyl (C=O) groups is 2. The van der Waals surface area contributed by atoms with Gasteiger partial charge in [0, 0.05) is 13.1 Å². The fraction of sp³-hybridized carbons (Fsp3) is 0.429. The zero-order valence-corrected chi connectivity index (χ0v) is 15.4. The molecule has 1 fully saturated rings. The smallest absolute Gasteiger partial charge is 0.245 e. The number of hydrogen-bond acceptors (Lipinski definition) is 3. The Morgan fingerprint density at radius 1 is 1.08 bits per heavy atom. The van der Waals surface area contributed by atoms with Gasteiger partial charge in [0.2, 0.25) is 11.8 Å². The Balaban J connectivity index is 1.70. The second-order valence-corrected chi connectivity index (χ2v) is 7.04. The van der Waals surface area contributed by atoms with E-state index in [1.807, 2.05) is 56.3 Å². The first-order valence-corrected chi connectivity index (χ1v) is 9.19. The third-order valence-corrected chi connectivity index (χ3v) is 4.80. The number of fused-ring (bicyclic) bond motifs is 1. The van der Waals surface area contributed by atoms with E-state index in [0.717, 1.165) is 16.3 Å². The van der Waals surface area contributed by atoms with Gasteiger partial charge in [-0.15, -0.1) is 0 Å². The fourth-order valence-corrected chi connectivity index (χ4v) is 3.34. The molecule has 1 atom stereocenters. The van der Waals surface area contributed by atoms with Crippen molar-refractivity contribution in [2.24, 2.45) is 5.92 Å². The van der Waals surface area contributed by atoms with E-state index in [-0.39, 0.29) is 24.2 Å². The van der Waals surface area contributed by atoms with Gasteiger partial charge >= 0.3 is 0 Å². The summed E-state index contributed by atoms with van der Waals surface area (Å²) in [6, 6.07) is 13.5. The summed E-state index contributed by atoms with van der Waals surface area (Å²) >= 11 is 0. The molecule has 2 aromatic rings. The lowest BCUT2D eigenvalue weighted by Gasteiger charge is -2.32. The Hall–Kier alpha value is -2.40. The van der Waals surface area contributed by atoms with Crippen LogP contribution in [0.15, 0.2) is 42.5 Å². The van der Waals surface area contributed by atoms with Gasteiger partial charge in [-0.25, -0.2) is 0 Å². The lowest BCUT2D eigenvalue weighted by molar-refractivity contribution is -0.141. The number of morpholine rings is 1. The van der Waals surface area contributed by atoms with Gasteiger partial charge < -0.3 is 15.0 Å². The van der Waals surface area contributed by atoms with Crippen molar-refractivity contribution in [3.05, 3.63) is 48.0 Å². The molecule has 0 spiro atoms. The summed E-state index contributed by atoms with van der Waals surface area (Å²) in [5, 5.41) is 5.14. The third kappa shape index (κ3) is 4.22. The Bertz CT molecular complexity index is 776. The van der Waals surface area contributed by atoms with Gasteiger partial charge in [0.15, 0.2) is 0 Å². The van der Waals surface area contributed by atoms with Crippen LogP contribution in [0.25, 0.3) is 10.8 Å². The van der Waals surface area contributed by atoms with Crippen molar-refractivity contribution in [2.45, 2.75) is 26.3 Å². The molecule has 1 N–H and O–H groups in total. The molecule has 1 unspecified atom stereocenters. The van der Waals surface area contributed by atoms with E-state index in [2.05, 4.69) is 5.32 Å². The van der Waals surface area contributed by atoms with Gasteiger partial charge in [-0.3, -0.25) is 9.59 Å². The quantitative estimate of drug-likeness (QED) is 0.897. The van der Waals surface area contributed by atoms with Gasteiger partial charge in [-0.05, 0) is 22.3 Å². The van der Waals surface area contributed by atoms with E-state index in [9.17, 15) is 9.59 Å². The highest BCUT2D eigenvalue weighted by Crippen LogP contribution is 2.19. The lowest BCUT2D eigenvalue weighted by atomic mass is 10.00. The topological polar surface area (TPSA) is 58.6 Å². The first-order chi connectivity index (χ1) is 12.6. The minimum absolute atomic E-state index is 0.0189. The molecule has 138 valence electrons. The number of hydrogen-bond donors (Lipinski definition) is 1. The first-order valence-electron chi connectivity index (χ1n) is 9.19. The number of rotatable bonds is 5. The number of benzene rings is 2. The fourth-order valence-electron chi connectivity index (χ4n) is 3.34. The van der Waals surface area contributed by atoms with E-state index in [4.69, 9.17) is 4.74 Å². The van der Waals surface area contributed by atoms with Crippen molar-refractivity contribution in [3.8, 4) is 0 Å². The summed E-state index contributed by atoms with van der Waals surface area (Å²) < 4.78 is 5.31. The summed E-state index contributed by atoms with van der Waals surface area (Å²) in [7, 11) is 0. The molecule has 0 bridgehead atoms. The van der Waals surface area contributed by atoms with Gasteiger partial charge in [-0.1, -0.05) is 56.3 Å². The van der Waals surface area contributed by atoms with Crippen LogP contribution in [0, 0.1) is 5.92 Å². The number of nitrogens with zero attached hydrogens (tertiary/aromatic N) is 1. The molecule has 5 heteroatoms. The standard InChI is InChI=1S/C21H26N2O3/c1-15(2)20(21(25)23-10-12-26-13-11-23)22-19(24)14-17-8-5-7-16-6-3-4-9-18(16)17/h3-9,15,20H,10-14H2,1-2H3,(H,22,24). The molecule has 2 amide bonds. The molecule has 3 rings (SSSR count). The van der Waals surface area contributed by atoms with E-state index in [1.165, 1.54) is 0 Å². The Labute approximate surface area is 154 Å². The van der Waals surface area contributed by atoms with Crippen molar-refractivity contribution in [3.63, 3.8) is 0 Å². The third-order valence-electron chi connectivity index (χ3n) is 4.80. The molecule has 26 heavy (non-hydrogen) atoms. The van der Waals surface area contributed by atoms with Crippen LogP contribution in [0.1, 0.15) is 19.4 Å². The van der Waals surface area contributed by atoms with Crippen molar-refractivity contribution >= 4 is 22.6 Å². The monoisotopic (exact) mass is 354 g/mol. The van der Waals surface area contributed by atoms with Crippen LogP contribution in [0.4, 0.5) is 0 Å². The molecule has 0 radical (unpaired) electrons. The molecule has 1 aliphatic rings. The number of amides is 2. The largest absolute Gasteiger partial charge is 0.378 e. The average molecular weight is 354 g/mol. The van der Waals surface area contributed by atoms with Gasteiger partial charge in [-0.2, -0.15) is 0 Å². The van der Waals surface area contributed by atoms with Crippen LogP contribution >= 0.6 is 0 Å². The molecule has 5 nitrogen and oxygen atoms in total. The average Bonchev–Trinajstić information content (AvgIpc) is 2.66. The SMILES string of the molecule is CC(C)C(NC(=O)Cc1cccc2ccccc12)C(=O)N1CCOCC1. The summed E-state index contributed by atoms with van der Waals surface area (Å²) in [5.41, 5.74) is 0.974. The highest BCUT2D eigenvalue weighted by atomic mass is 16.5. The zero-order chi connectivity index (χ0) is 18.5. The summed E-state index contributed by atoms with van der Waals surface area (Å²) in [6.45, 7) is 6.20. The molecule has 0 aliphatic carbocycles.